The predicted molar refractivity (Wildman–Crippen MR) is 93.3 cm³/mol. The number of ether oxygens (including phenoxy) is 1. The summed E-state index contributed by atoms with van der Waals surface area (Å²) in [5, 5.41) is 0. The van der Waals surface area contributed by atoms with Crippen molar-refractivity contribution < 1.29 is 19.1 Å². The fourth-order valence-corrected chi connectivity index (χ4v) is 3.54. The van der Waals surface area contributed by atoms with Gasteiger partial charge >= 0.3 is 5.97 Å². The number of rotatable bonds is 4. The Morgan fingerprint density at radius 1 is 1.08 bits per heavy atom. The van der Waals surface area contributed by atoms with Crippen molar-refractivity contribution in [1.82, 2.24) is 4.90 Å². The van der Waals surface area contributed by atoms with Crippen molar-refractivity contribution in [3.8, 4) is 0 Å². The van der Waals surface area contributed by atoms with Gasteiger partial charge in [0.2, 0.25) is 5.91 Å². The zero-order valence-electron chi connectivity index (χ0n) is 14.6. The van der Waals surface area contributed by atoms with Gasteiger partial charge in [-0.05, 0) is 57.1 Å². The Morgan fingerprint density at radius 3 is 2.32 bits per heavy atom. The Labute approximate surface area is 147 Å². The van der Waals surface area contributed by atoms with E-state index in [4.69, 9.17) is 4.74 Å². The molecule has 6 heteroatoms. The highest BCUT2D eigenvalue weighted by atomic mass is 16.5. The van der Waals surface area contributed by atoms with Gasteiger partial charge in [0.1, 0.15) is 0 Å². The van der Waals surface area contributed by atoms with Crippen molar-refractivity contribution >= 4 is 23.5 Å². The molecule has 134 valence electrons. The van der Waals surface area contributed by atoms with E-state index >= 15 is 0 Å². The van der Waals surface area contributed by atoms with Crippen LogP contribution in [0.15, 0.2) is 24.3 Å². The van der Waals surface area contributed by atoms with Crippen molar-refractivity contribution in [3.63, 3.8) is 0 Å². The molecule has 6 nitrogen and oxygen atoms in total. The second kappa shape index (κ2) is 7.78. The Hall–Kier alpha value is -2.21. The summed E-state index contributed by atoms with van der Waals surface area (Å²) in [4.78, 5) is 40.4. The molecule has 0 radical (unpaired) electrons. The average molecular weight is 344 g/mol. The van der Waals surface area contributed by atoms with E-state index in [1.165, 1.54) is 17.7 Å². The van der Waals surface area contributed by atoms with Crippen LogP contribution >= 0.6 is 0 Å². The molecule has 25 heavy (non-hydrogen) atoms. The van der Waals surface area contributed by atoms with Crippen LogP contribution in [0.5, 0.6) is 0 Å². The Balaban J connectivity index is 1.74. The summed E-state index contributed by atoms with van der Waals surface area (Å²) in [6.07, 6.45) is 4.76. The predicted octanol–water partition coefficient (Wildman–Crippen LogP) is 2.37. The monoisotopic (exact) mass is 344 g/mol. The summed E-state index contributed by atoms with van der Waals surface area (Å²) >= 11 is 0. The maximum Gasteiger partial charge on any atom is 0.338 e. The first-order valence-corrected chi connectivity index (χ1v) is 9.00. The summed E-state index contributed by atoms with van der Waals surface area (Å²) in [5.41, 5.74) is 0.925. The first kappa shape index (κ1) is 17.6. The van der Waals surface area contributed by atoms with Crippen molar-refractivity contribution in [3.05, 3.63) is 29.8 Å². The summed E-state index contributed by atoms with van der Waals surface area (Å²) in [6.45, 7) is 3.80. The molecule has 0 aromatic heterocycles. The lowest BCUT2D eigenvalue weighted by molar-refractivity contribution is -0.122. The van der Waals surface area contributed by atoms with Gasteiger partial charge < -0.3 is 4.74 Å². The molecule has 2 fully saturated rings. The second-order valence-corrected chi connectivity index (χ2v) is 6.50. The standard InChI is InChI=1S/C19H24N2O4/c1-2-25-19(24)14-7-9-15(10-8-14)21-17(22)13-16(18(21)23)20-11-5-3-4-6-12-20/h7-10,16H,2-6,11-13H2,1H3/t16-/m1/s1. The normalized spacial score (nSPS) is 22.1. The molecular formula is C19H24N2O4. The van der Waals surface area contributed by atoms with Crippen molar-refractivity contribution in [2.45, 2.75) is 45.1 Å². The lowest BCUT2D eigenvalue weighted by atomic mass is 10.2. The molecule has 2 aliphatic rings. The Morgan fingerprint density at radius 2 is 1.72 bits per heavy atom. The first-order valence-electron chi connectivity index (χ1n) is 9.00. The molecular weight excluding hydrogens is 320 g/mol. The lowest BCUT2D eigenvalue weighted by Gasteiger charge is -2.25. The lowest BCUT2D eigenvalue weighted by Crippen LogP contribution is -2.42. The fraction of sp³-hybridized carbons (Fsp3) is 0.526. The minimum atomic E-state index is -0.407. The van der Waals surface area contributed by atoms with Gasteiger partial charge in [-0.2, -0.15) is 0 Å². The van der Waals surface area contributed by atoms with Crippen LogP contribution in [0.2, 0.25) is 0 Å². The van der Waals surface area contributed by atoms with Crippen LogP contribution in [0, 0.1) is 0 Å². The van der Waals surface area contributed by atoms with Crippen LogP contribution in [-0.4, -0.2) is 48.4 Å². The van der Waals surface area contributed by atoms with E-state index < -0.39 is 5.97 Å². The van der Waals surface area contributed by atoms with Gasteiger partial charge in [0.05, 0.1) is 30.3 Å². The number of amides is 2. The third-order valence-corrected chi connectivity index (χ3v) is 4.84. The van der Waals surface area contributed by atoms with E-state index in [1.807, 2.05) is 0 Å². The summed E-state index contributed by atoms with van der Waals surface area (Å²) < 4.78 is 4.95. The SMILES string of the molecule is CCOC(=O)c1ccc(N2C(=O)C[C@@H](N3CCCCCC3)C2=O)cc1. The van der Waals surface area contributed by atoms with Crippen LogP contribution in [0.3, 0.4) is 0 Å². The largest absolute Gasteiger partial charge is 0.462 e. The quantitative estimate of drug-likeness (QED) is 0.620. The van der Waals surface area contributed by atoms with Crippen molar-refractivity contribution in [2.24, 2.45) is 0 Å². The number of benzene rings is 1. The summed E-state index contributed by atoms with van der Waals surface area (Å²) in [5.74, 6) is -0.741. The second-order valence-electron chi connectivity index (χ2n) is 6.50. The molecule has 1 atom stereocenters. The van der Waals surface area contributed by atoms with E-state index in [9.17, 15) is 14.4 Å². The van der Waals surface area contributed by atoms with Gasteiger partial charge in [0.25, 0.3) is 5.91 Å². The van der Waals surface area contributed by atoms with Gasteiger partial charge in [-0.15, -0.1) is 0 Å². The topological polar surface area (TPSA) is 66.9 Å². The number of carbonyl (C=O) groups is 3. The number of hydrogen-bond acceptors (Lipinski definition) is 5. The summed E-state index contributed by atoms with van der Waals surface area (Å²) in [6, 6.07) is 6.09. The number of nitrogens with zero attached hydrogens (tertiary/aromatic N) is 2. The van der Waals surface area contributed by atoms with Crippen molar-refractivity contribution in [1.29, 1.82) is 0 Å². The maximum absolute atomic E-state index is 12.8. The molecule has 1 aromatic carbocycles. The number of carbonyl (C=O) groups excluding carboxylic acids is 3. The van der Waals surface area contributed by atoms with Crippen LogP contribution in [0.1, 0.15) is 49.4 Å². The van der Waals surface area contributed by atoms with Crippen molar-refractivity contribution in [2.75, 3.05) is 24.6 Å². The molecule has 2 saturated heterocycles. The molecule has 0 N–H and O–H groups in total. The molecule has 1 aromatic rings. The number of imide groups is 1. The molecule has 0 bridgehead atoms. The molecule has 0 aliphatic carbocycles. The molecule has 2 aliphatic heterocycles. The highest BCUT2D eigenvalue weighted by Gasteiger charge is 2.42. The molecule has 2 amide bonds. The zero-order chi connectivity index (χ0) is 17.8. The minimum Gasteiger partial charge on any atom is -0.462 e. The van der Waals surface area contributed by atoms with E-state index in [2.05, 4.69) is 4.90 Å². The van der Waals surface area contributed by atoms with Gasteiger partial charge in [-0.25, -0.2) is 9.69 Å². The highest BCUT2D eigenvalue weighted by Crippen LogP contribution is 2.27. The van der Waals surface area contributed by atoms with E-state index in [0.717, 1.165) is 25.9 Å². The van der Waals surface area contributed by atoms with Crippen LogP contribution in [0.25, 0.3) is 0 Å². The van der Waals surface area contributed by atoms with E-state index in [0.29, 0.717) is 17.9 Å². The van der Waals surface area contributed by atoms with Gasteiger partial charge in [0.15, 0.2) is 0 Å². The molecule has 2 heterocycles. The Bertz CT molecular complexity index is 648. The maximum atomic E-state index is 12.8. The fourth-order valence-electron chi connectivity index (χ4n) is 3.54. The first-order chi connectivity index (χ1) is 12.1. The number of hydrogen-bond donors (Lipinski definition) is 0. The van der Waals surface area contributed by atoms with Gasteiger partial charge in [-0.1, -0.05) is 12.8 Å². The average Bonchev–Trinajstić information content (AvgIpc) is 2.80. The summed E-state index contributed by atoms with van der Waals surface area (Å²) in [7, 11) is 0. The van der Waals surface area contributed by atoms with Crippen LogP contribution in [-0.2, 0) is 14.3 Å². The minimum absolute atomic E-state index is 0.157. The number of likely N-dealkylation sites (tertiary alicyclic amines) is 1. The third-order valence-electron chi connectivity index (χ3n) is 4.84. The van der Waals surface area contributed by atoms with Gasteiger partial charge in [0, 0.05) is 0 Å². The van der Waals surface area contributed by atoms with E-state index in [-0.39, 0.29) is 24.3 Å². The number of esters is 1. The Kier molecular flexibility index (Phi) is 5.48. The molecule has 0 spiro atoms. The smallest absolute Gasteiger partial charge is 0.338 e. The van der Waals surface area contributed by atoms with E-state index in [1.54, 1.807) is 31.2 Å². The van der Waals surface area contributed by atoms with Gasteiger partial charge in [-0.3, -0.25) is 14.5 Å². The molecule has 3 rings (SSSR count). The van der Waals surface area contributed by atoms with Crippen LogP contribution in [0.4, 0.5) is 5.69 Å². The third kappa shape index (κ3) is 3.74. The molecule has 0 saturated carbocycles. The number of anilines is 1. The van der Waals surface area contributed by atoms with Crippen LogP contribution < -0.4 is 4.90 Å². The molecule has 0 unspecified atom stereocenters. The zero-order valence-corrected chi connectivity index (χ0v) is 14.6. The highest BCUT2D eigenvalue weighted by molar-refractivity contribution is 6.22.